The van der Waals surface area contributed by atoms with E-state index in [-0.39, 0.29) is 11.9 Å². The molecule has 0 saturated carbocycles. The Bertz CT molecular complexity index is 416. The molecule has 0 fully saturated rings. The standard InChI is InChI=1S/C11H14INO4S/c1-7-5-9(11(14)13-8(2)6-12)3-4-10(7)18-17-16-15/h3-5,8,15H,6H2,1-2H3,(H,13,14). The fraction of sp³-hybridized carbons (Fsp3) is 0.364. The first-order valence-corrected chi connectivity index (χ1v) is 7.47. The fourth-order valence-corrected chi connectivity index (χ4v) is 1.92. The van der Waals surface area contributed by atoms with Gasteiger partial charge in [-0.25, -0.2) is 5.26 Å². The molecular formula is C11H14INO4S. The van der Waals surface area contributed by atoms with E-state index in [4.69, 9.17) is 5.26 Å². The van der Waals surface area contributed by atoms with Gasteiger partial charge in [0, 0.05) is 20.9 Å². The third-order valence-electron chi connectivity index (χ3n) is 2.20. The highest BCUT2D eigenvalue weighted by atomic mass is 127. The van der Waals surface area contributed by atoms with E-state index in [1.165, 1.54) is 0 Å². The molecule has 5 nitrogen and oxygen atoms in total. The predicted molar refractivity (Wildman–Crippen MR) is 77.7 cm³/mol. The molecule has 1 atom stereocenters. The minimum Gasteiger partial charge on any atom is -0.349 e. The molecule has 1 unspecified atom stereocenters. The molecule has 18 heavy (non-hydrogen) atoms. The molecule has 0 bridgehead atoms. The van der Waals surface area contributed by atoms with Crippen LogP contribution in [-0.4, -0.2) is 21.6 Å². The average Bonchev–Trinajstić information content (AvgIpc) is 2.37. The van der Waals surface area contributed by atoms with Crippen LogP contribution in [-0.2, 0) is 9.37 Å². The molecule has 0 heterocycles. The number of alkyl halides is 1. The summed E-state index contributed by atoms with van der Waals surface area (Å²) in [5.74, 6) is -0.0989. The second-order valence-electron chi connectivity index (χ2n) is 3.73. The minimum atomic E-state index is -0.0989. The number of aryl methyl sites for hydroxylation is 1. The van der Waals surface area contributed by atoms with Crippen LogP contribution in [0.15, 0.2) is 23.1 Å². The smallest absolute Gasteiger partial charge is 0.251 e. The van der Waals surface area contributed by atoms with Crippen LogP contribution in [0, 0.1) is 6.92 Å². The summed E-state index contributed by atoms with van der Waals surface area (Å²) < 4.78 is 5.21. The highest BCUT2D eigenvalue weighted by Gasteiger charge is 2.10. The number of benzene rings is 1. The third kappa shape index (κ3) is 4.73. The number of carbonyl (C=O) groups excluding carboxylic acids is 1. The summed E-state index contributed by atoms with van der Waals surface area (Å²) in [7, 11) is 0. The van der Waals surface area contributed by atoms with Crippen LogP contribution in [0.25, 0.3) is 0 Å². The molecular weight excluding hydrogens is 369 g/mol. The first kappa shape index (κ1) is 15.7. The van der Waals surface area contributed by atoms with E-state index in [9.17, 15) is 4.79 Å². The lowest BCUT2D eigenvalue weighted by Crippen LogP contribution is -2.33. The van der Waals surface area contributed by atoms with Crippen molar-refractivity contribution in [1.82, 2.24) is 5.32 Å². The molecule has 1 aromatic carbocycles. The van der Waals surface area contributed by atoms with Crippen molar-refractivity contribution in [1.29, 1.82) is 0 Å². The second kappa shape index (κ2) is 7.95. The molecule has 0 saturated heterocycles. The maximum atomic E-state index is 11.9. The molecule has 0 aliphatic rings. The van der Waals surface area contributed by atoms with E-state index in [0.29, 0.717) is 5.56 Å². The van der Waals surface area contributed by atoms with Crippen molar-refractivity contribution in [3.8, 4) is 0 Å². The number of rotatable bonds is 6. The van der Waals surface area contributed by atoms with Gasteiger partial charge in [0.1, 0.15) is 0 Å². The lowest BCUT2D eigenvalue weighted by molar-refractivity contribution is -0.432. The zero-order valence-electron chi connectivity index (χ0n) is 9.97. The Balaban J connectivity index is 2.74. The van der Waals surface area contributed by atoms with Gasteiger partial charge in [-0.2, -0.15) is 0 Å². The maximum absolute atomic E-state index is 11.9. The molecule has 0 spiro atoms. The van der Waals surface area contributed by atoms with Gasteiger partial charge in [-0.1, -0.05) is 27.6 Å². The van der Waals surface area contributed by atoms with Gasteiger partial charge in [0.2, 0.25) is 0 Å². The van der Waals surface area contributed by atoms with Crippen LogP contribution in [0.2, 0.25) is 0 Å². The Labute approximate surface area is 123 Å². The lowest BCUT2D eigenvalue weighted by Gasteiger charge is -2.11. The van der Waals surface area contributed by atoms with Crippen molar-refractivity contribution >= 4 is 40.5 Å². The normalized spacial score (nSPS) is 12.2. The van der Waals surface area contributed by atoms with Crippen LogP contribution >= 0.6 is 34.6 Å². The van der Waals surface area contributed by atoms with Gasteiger partial charge in [0.25, 0.3) is 5.91 Å². The van der Waals surface area contributed by atoms with Gasteiger partial charge >= 0.3 is 0 Å². The SMILES string of the molecule is Cc1cc(C(=O)NC(C)CI)ccc1SOOO. The molecule has 1 amide bonds. The monoisotopic (exact) mass is 383 g/mol. The quantitative estimate of drug-likeness (QED) is 0.260. The van der Waals surface area contributed by atoms with Crippen LogP contribution in [0.1, 0.15) is 22.8 Å². The number of halogens is 1. The van der Waals surface area contributed by atoms with E-state index in [1.807, 2.05) is 13.8 Å². The summed E-state index contributed by atoms with van der Waals surface area (Å²) in [6, 6.07) is 5.34. The van der Waals surface area contributed by atoms with E-state index >= 15 is 0 Å². The second-order valence-corrected chi connectivity index (χ2v) is 5.36. The van der Waals surface area contributed by atoms with E-state index in [2.05, 4.69) is 37.3 Å². The van der Waals surface area contributed by atoms with Crippen LogP contribution in [0.5, 0.6) is 0 Å². The summed E-state index contributed by atoms with van der Waals surface area (Å²) >= 11 is 3.10. The van der Waals surface area contributed by atoms with Crippen molar-refractivity contribution in [2.45, 2.75) is 24.8 Å². The fourth-order valence-electron chi connectivity index (χ4n) is 1.28. The molecule has 2 N–H and O–H groups in total. The van der Waals surface area contributed by atoms with Gasteiger partial charge in [-0.15, -0.1) is 4.33 Å². The minimum absolute atomic E-state index is 0.0989. The predicted octanol–water partition coefficient (Wildman–Crippen LogP) is 2.98. The summed E-state index contributed by atoms with van der Waals surface area (Å²) in [6.45, 7) is 3.80. The van der Waals surface area contributed by atoms with Crippen molar-refractivity contribution in [2.75, 3.05) is 4.43 Å². The van der Waals surface area contributed by atoms with Gasteiger partial charge < -0.3 is 5.32 Å². The molecule has 0 aliphatic heterocycles. The highest BCUT2D eigenvalue weighted by Crippen LogP contribution is 2.24. The molecule has 0 radical (unpaired) electrons. The number of amides is 1. The summed E-state index contributed by atoms with van der Waals surface area (Å²) in [4.78, 5) is 12.6. The average molecular weight is 383 g/mol. The van der Waals surface area contributed by atoms with Crippen LogP contribution < -0.4 is 5.32 Å². The van der Waals surface area contributed by atoms with E-state index in [0.717, 1.165) is 26.9 Å². The van der Waals surface area contributed by atoms with Gasteiger partial charge in [-0.05, 0) is 37.6 Å². The Morgan fingerprint density at radius 2 is 2.33 bits per heavy atom. The van der Waals surface area contributed by atoms with Gasteiger partial charge in [-0.3, -0.25) is 4.79 Å². The topological polar surface area (TPSA) is 67.8 Å². The molecule has 1 rings (SSSR count). The zero-order valence-corrected chi connectivity index (χ0v) is 12.9. The van der Waals surface area contributed by atoms with Crippen molar-refractivity contribution in [2.24, 2.45) is 0 Å². The number of hydrogen-bond donors (Lipinski definition) is 2. The zero-order chi connectivity index (χ0) is 13.5. The van der Waals surface area contributed by atoms with E-state index in [1.54, 1.807) is 18.2 Å². The van der Waals surface area contributed by atoms with Crippen molar-refractivity contribution < 1.29 is 19.4 Å². The largest absolute Gasteiger partial charge is 0.349 e. The van der Waals surface area contributed by atoms with Gasteiger partial charge in [0.15, 0.2) is 0 Å². The molecule has 1 aromatic rings. The van der Waals surface area contributed by atoms with E-state index < -0.39 is 0 Å². The molecule has 7 heteroatoms. The maximum Gasteiger partial charge on any atom is 0.251 e. The molecule has 100 valence electrons. The van der Waals surface area contributed by atoms with Crippen molar-refractivity contribution in [3.05, 3.63) is 29.3 Å². The lowest BCUT2D eigenvalue weighted by atomic mass is 10.1. The Kier molecular flexibility index (Phi) is 6.94. The Morgan fingerprint density at radius 1 is 1.61 bits per heavy atom. The number of nitrogens with one attached hydrogen (secondary N) is 1. The number of carbonyl (C=O) groups is 1. The summed E-state index contributed by atoms with van der Waals surface area (Å²) in [6.07, 6.45) is 0. The Hall–Kier alpha value is -0.350. The summed E-state index contributed by atoms with van der Waals surface area (Å²) in [5, 5.41) is 14.5. The third-order valence-corrected chi connectivity index (χ3v) is 4.29. The highest BCUT2D eigenvalue weighted by molar-refractivity contribution is 14.1. The van der Waals surface area contributed by atoms with Crippen LogP contribution in [0.4, 0.5) is 0 Å². The Morgan fingerprint density at radius 3 is 2.89 bits per heavy atom. The van der Waals surface area contributed by atoms with Gasteiger partial charge in [0.05, 0.1) is 12.0 Å². The summed E-state index contributed by atoms with van der Waals surface area (Å²) in [5.41, 5.74) is 1.46. The first-order chi connectivity index (χ1) is 8.58. The number of hydrogen-bond acceptors (Lipinski definition) is 5. The van der Waals surface area contributed by atoms with Crippen molar-refractivity contribution in [3.63, 3.8) is 0 Å². The molecule has 0 aromatic heterocycles. The molecule has 0 aliphatic carbocycles. The first-order valence-electron chi connectivity index (χ1n) is 5.20. The van der Waals surface area contributed by atoms with Crippen LogP contribution in [0.3, 0.4) is 0 Å².